The largest absolute Gasteiger partial charge is 0.543 e. The Morgan fingerprint density at radius 3 is 1.59 bits per heavy atom. The molecule has 0 heterocycles. The minimum Gasteiger partial charge on any atom is -0.543 e. The van der Waals surface area contributed by atoms with Crippen LogP contribution in [0.4, 0.5) is 0 Å². The Morgan fingerprint density at radius 1 is 0.955 bits per heavy atom. The molecule has 0 N–H and O–H groups in total. The molecule has 0 aliphatic carbocycles. The highest BCUT2D eigenvalue weighted by Gasteiger charge is 2.47. The first-order valence-electron chi connectivity index (χ1n) is 7.41. The van der Waals surface area contributed by atoms with Crippen molar-refractivity contribution in [2.75, 3.05) is 0 Å². The molecule has 0 fully saturated rings. The molecular weight excluding hydrogens is 359 g/mol. The van der Waals surface area contributed by atoms with Crippen molar-refractivity contribution in [1.82, 2.24) is 0 Å². The Bertz CT molecular complexity index is 512. The van der Waals surface area contributed by atoms with Gasteiger partial charge in [0.1, 0.15) is 5.75 Å². The number of hydrogen-bond acceptors (Lipinski definition) is 2. The third-order valence-corrected chi connectivity index (χ3v) is 11.0. The van der Waals surface area contributed by atoms with Crippen LogP contribution in [0, 0.1) is 0 Å². The maximum Gasteiger partial charge on any atom is 0.258 e. The van der Waals surface area contributed by atoms with Gasteiger partial charge in [-0.25, -0.2) is 0 Å². The van der Waals surface area contributed by atoms with Crippen LogP contribution in [0.1, 0.15) is 51.9 Å². The van der Waals surface area contributed by atoms with Crippen LogP contribution in [0.3, 0.4) is 0 Å². The van der Waals surface area contributed by atoms with Gasteiger partial charge in [0.25, 0.3) is 13.6 Å². The van der Waals surface area contributed by atoms with Crippen molar-refractivity contribution in [3.8, 4) is 5.75 Å². The van der Waals surface area contributed by atoms with Crippen molar-refractivity contribution in [3.05, 3.63) is 27.7 Å². The lowest BCUT2D eigenvalue weighted by Crippen LogP contribution is -2.50. The van der Waals surface area contributed by atoms with E-state index in [1.807, 2.05) is 0 Å². The van der Waals surface area contributed by atoms with Gasteiger partial charge < -0.3 is 4.43 Å². The summed E-state index contributed by atoms with van der Waals surface area (Å²) in [5.74, 6) is 0.611. The molecule has 1 rings (SSSR count). The minimum atomic E-state index is -2.09. The average Bonchev–Trinajstić information content (AvgIpc) is 2.32. The zero-order valence-electron chi connectivity index (χ0n) is 13.8. The molecule has 124 valence electrons. The first kappa shape index (κ1) is 19.8. The number of halogens is 3. The first-order valence-corrected chi connectivity index (χ1v) is 10.7. The van der Waals surface area contributed by atoms with E-state index in [9.17, 15) is 4.79 Å². The zero-order chi connectivity index (χ0) is 17.2. The third kappa shape index (κ3) is 3.81. The Labute approximate surface area is 149 Å². The van der Waals surface area contributed by atoms with Crippen LogP contribution in [-0.4, -0.2) is 13.6 Å². The molecule has 0 bridgehead atoms. The van der Waals surface area contributed by atoms with Gasteiger partial charge in [-0.15, -0.1) is 0 Å². The van der Waals surface area contributed by atoms with Gasteiger partial charge in [-0.1, -0.05) is 64.7 Å². The van der Waals surface area contributed by atoms with Crippen LogP contribution in [0.25, 0.3) is 0 Å². The quantitative estimate of drug-likeness (QED) is 0.394. The molecule has 0 radical (unpaired) electrons. The molecule has 0 atom stereocenters. The fourth-order valence-electron chi connectivity index (χ4n) is 3.35. The number of rotatable bonds is 6. The van der Waals surface area contributed by atoms with Crippen LogP contribution < -0.4 is 4.43 Å². The Kier molecular flexibility index (Phi) is 6.82. The van der Waals surface area contributed by atoms with Crippen molar-refractivity contribution < 1.29 is 9.22 Å². The lowest BCUT2D eigenvalue weighted by molar-refractivity contribution is 0.108. The second kappa shape index (κ2) is 7.56. The van der Waals surface area contributed by atoms with Crippen molar-refractivity contribution in [2.45, 2.75) is 58.2 Å². The van der Waals surface area contributed by atoms with Crippen LogP contribution in [0.15, 0.2) is 12.1 Å². The second-order valence-electron chi connectivity index (χ2n) is 6.46. The molecule has 22 heavy (non-hydrogen) atoms. The van der Waals surface area contributed by atoms with Gasteiger partial charge in [-0.2, -0.15) is 0 Å². The predicted octanol–water partition coefficient (Wildman–Crippen LogP) is 6.93. The summed E-state index contributed by atoms with van der Waals surface area (Å²) in [4.78, 5) is 11.4. The van der Waals surface area contributed by atoms with E-state index in [0.717, 1.165) is 0 Å². The van der Waals surface area contributed by atoms with E-state index in [1.165, 1.54) is 0 Å². The summed E-state index contributed by atoms with van der Waals surface area (Å²) < 4.78 is 6.50. The highest BCUT2D eigenvalue weighted by molar-refractivity contribution is 6.78. The molecule has 2 nitrogen and oxygen atoms in total. The van der Waals surface area contributed by atoms with Crippen LogP contribution >= 0.6 is 34.8 Å². The number of carbonyl (C=O) groups excluding carboxylic acids is 1. The smallest absolute Gasteiger partial charge is 0.258 e. The van der Waals surface area contributed by atoms with E-state index in [2.05, 4.69) is 41.5 Å². The van der Waals surface area contributed by atoms with Crippen molar-refractivity contribution in [2.24, 2.45) is 0 Å². The molecular formula is C16H23Cl3O2Si. The summed E-state index contributed by atoms with van der Waals surface area (Å²) in [6.45, 7) is 13.2. The van der Waals surface area contributed by atoms with E-state index in [1.54, 1.807) is 12.1 Å². The molecule has 0 unspecified atom stereocenters. The maximum atomic E-state index is 11.4. The predicted molar refractivity (Wildman–Crippen MR) is 98.3 cm³/mol. The van der Waals surface area contributed by atoms with Crippen LogP contribution in [0.5, 0.6) is 5.75 Å². The van der Waals surface area contributed by atoms with E-state index < -0.39 is 13.6 Å². The van der Waals surface area contributed by atoms with E-state index in [-0.39, 0.29) is 15.6 Å². The summed E-state index contributed by atoms with van der Waals surface area (Å²) in [5.41, 5.74) is 1.42. The Hall–Kier alpha value is -0.223. The fourth-order valence-corrected chi connectivity index (χ4v) is 9.53. The summed E-state index contributed by atoms with van der Waals surface area (Å²) in [6, 6.07) is 3.27. The summed E-state index contributed by atoms with van der Waals surface area (Å²) in [6.07, 6.45) is 0. The fraction of sp³-hybridized carbons (Fsp3) is 0.562. The van der Waals surface area contributed by atoms with E-state index in [0.29, 0.717) is 22.4 Å². The van der Waals surface area contributed by atoms with Gasteiger partial charge in [0.05, 0.1) is 15.6 Å². The minimum absolute atomic E-state index is 0.128. The molecule has 1 aromatic carbocycles. The SMILES string of the molecule is CC(C)[Si](Oc1cc(Cl)c(C(=O)Cl)c(Cl)c1)(C(C)C)C(C)C. The van der Waals surface area contributed by atoms with E-state index >= 15 is 0 Å². The summed E-state index contributed by atoms with van der Waals surface area (Å²) in [5, 5.41) is -0.218. The molecule has 0 spiro atoms. The molecule has 6 heteroatoms. The van der Waals surface area contributed by atoms with Gasteiger partial charge in [0.2, 0.25) is 0 Å². The number of benzene rings is 1. The number of hydrogen-bond donors (Lipinski definition) is 0. The van der Waals surface area contributed by atoms with Gasteiger partial charge in [-0.05, 0) is 40.4 Å². The zero-order valence-corrected chi connectivity index (χ0v) is 17.1. The van der Waals surface area contributed by atoms with Gasteiger partial charge >= 0.3 is 0 Å². The third-order valence-electron chi connectivity index (χ3n) is 4.21. The topological polar surface area (TPSA) is 26.3 Å². The molecule has 0 aromatic heterocycles. The molecule has 0 saturated heterocycles. The average molecular weight is 382 g/mol. The monoisotopic (exact) mass is 380 g/mol. The molecule has 0 amide bonds. The lowest BCUT2D eigenvalue weighted by Gasteiger charge is -2.42. The lowest BCUT2D eigenvalue weighted by atomic mass is 10.2. The molecule has 0 aliphatic heterocycles. The second-order valence-corrected chi connectivity index (χ2v) is 13.0. The van der Waals surface area contributed by atoms with Gasteiger partial charge in [0, 0.05) is 0 Å². The number of carbonyl (C=O) groups is 1. The molecule has 0 saturated carbocycles. The van der Waals surface area contributed by atoms with Crippen molar-refractivity contribution in [3.63, 3.8) is 0 Å². The van der Waals surface area contributed by atoms with Gasteiger partial charge in [-0.3, -0.25) is 4.79 Å². The molecule has 0 aliphatic rings. The van der Waals surface area contributed by atoms with Crippen molar-refractivity contribution in [1.29, 1.82) is 0 Å². The molecule has 1 aromatic rings. The highest BCUT2D eigenvalue weighted by Crippen LogP contribution is 2.44. The summed E-state index contributed by atoms with van der Waals surface area (Å²) >= 11 is 17.8. The van der Waals surface area contributed by atoms with E-state index in [4.69, 9.17) is 39.2 Å². The highest BCUT2D eigenvalue weighted by atomic mass is 35.5. The van der Waals surface area contributed by atoms with Crippen molar-refractivity contribution >= 4 is 48.4 Å². The Balaban J connectivity index is 3.34. The van der Waals surface area contributed by atoms with Gasteiger partial charge in [0.15, 0.2) is 0 Å². The summed E-state index contributed by atoms with van der Waals surface area (Å²) in [7, 11) is -2.09. The Morgan fingerprint density at radius 2 is 1.32 bits per heavy atom. The first-order chi connectivity index (χ1) is 10.0. The standard InChI is InChI=1S/C16H23Cl3O2Si/c1-9(2)22(10(3)4,11(5)6)21-12-7-13(17)15(16(19)20)14(18)8-12/h7-11H,1-6H3. The normalized spacial score (nSPS) is 12.4. The maximum absolute atomic E-state index is 11.4. The van der Waals surface area contributed by atoms with Crippen LogP contribution in [-0.2, 0) is 0 Å². The van der Waals surface area contributed by atoms with Crippen LogP contribution in [0.2, 0.25) is 26.7 Å².